The van der Waals surface area contributed by atoms with E-state index in [0.29, 0.717) is 12.0 Å². The summed E-state index contributed by atoms with van der Waals surface area (Å²) in [5, 5.41) is 3.40. The van der Waals surface area contributed by atoms with E-state index < -0.39 is 0 Å². The Kier molecular flexibility index (Phi) is 6.71. The molecule has 0 atom stereocenters. The largest absolute Gasteiger partial charge is 0.493 e. The molecule has 1 aromatic carbocycles. The second-order valence-corrected chi connectivity index (χ2v) is 5.55. The van der Waals surface area contributed by atoms with Crippen LogP contribution in [0.5, 0.6) is 11.5 Å². The van der Waals surface area contributed by atoms with Crippen molar-refractivity contribution in [2.75, 3.05) is 13.7 Å². The van der Waals surface area contributed by atoms with E-state index in [4.69, 9.17) is 9.47 Å². The van der Waals surface area contributed by atoms with E-state index in [9.17, 15) is 0 Å². The van der Waals surface area contributed by atoms with Gasteiger partial charge in [0.15, 0.2) is 11.5 Å². The number of rotatable bonds is 8. The van der Waals surface area contributed by atoms with Crippen molar-refractivity contribution >= 4 is 0 Å². The Labute approximate surface area is 117 Å². The lowest BCUT2D eigenvalue weighted by Gasteiger charge is -2.14. The fraction of sp³-hybridized carbons (Fsp3) is 0.625. The molecule has 0 spiro atoms. The van der Waals surface area contributed by atoms with Crippen LogP contribution in [0.4, 0.5) is 0 Å². The summed E-state index contributed by atoms with van der Waals surface area (Å²) in [5.74, 6) is 2.29. The van der Waals surface area contributed by atoms with Crippen LogP contribution < -0.4 is 14.8 Å². The molecule has 19 heavy (non-hydrogen) atoms. The van der Waals surface area contributed by atoms with Gasteiger partial charge in [0.05, 0.1) is 13.7 Å². The third-order valence-corrected chi connectivity index (χ3v) is 2.90. The molecule has 0 fully saturated rings. The minimum Gasteiger partial charge on any atom is -0.493 e. The highest BCUT2D eigenvalue weighted by Crippen LogP contribution is 2.28. The van der Waals surface area contributed by atoms with Gasteiger partial charge in [0.2, 0.25) is 0 Å². The third-order valence-electron chi connectivity index (χ3n) is 2.90. The van der Waals surface area contributed by atoms with E-state index in [0.717, 1.165) is 31.1 Å². The first kappa shape index (κ1) is 15.8. The molecule has 0 bridgehead atoms. The van der Waals surface area contributed by atoms with Crippen LogP contribution in [0.15, 0.2) is 18.2 Å². The van der Waals surface area contributed by atoms with Crippen molar-refractivity contribution in [3.8, 4) is 11.5 Å². The molecule has 0 aliphatic carbocycles. The number of benzene rings is 1. The van der Waals surface area contributed by atoms with E-state index >= 15 is 0 Å². The fourth-order valence-electron chi connectivity index (χ4n) is 1.67. The van der Waals surface area contributed by atoms with Crippen molar-refractivity contribution in [2.45, 2.75) is 46.7 Å². The summed E-state index contributed by atoms with van der Waals surface area (Å²) in [7, 11) is 1.68. The molecule has 0 heterocycles. The van der Waals surface area contributed by atoms with Crippen LogP contribution in [0.25, 0.3) is 0 Å². The minimum absolute atomic E-state index is 0.479. The summed E-state index contributed by atoms with van der Waals surface area (Å²) in [6, 6.07) is 6.59. The van der Waals surface area contributed by atoms with E-state index in [-0.39, 0.29) is 0 Å². The zero-order chi connectivity index (χ0) is 14.3. The van der Waals surface area contributed by atoms with Crippen LogP contribution in [0.3, 0.4) is 0 Å². The number of methoxy groups -OCH3 is 1. The normalized spacial score (nSPS) is 11.1. The van der Waals surface area contributed by atoms with Crippen LogP contribution in [0, 0.1) is 5.92 Å². The number of ether oxygens (including phenoxy) is 2. The summed E-state index contributed by atoms with van der Waals surface area (Å²) >= 11 is 0. The highest BCUT2D eigenvalue weighted by Gasteiger charge is 2.06. The molecule has 1 rings (SSSR count). The highest BCUT2D eigenvalue weighted by molar-refractivity contribution is 5.42. The monoisotopic (exact) mass is 265 g/mol. The molecule has 0 aromatic heterocycles. The number of hydrogen-bond donors (Lipinski definition) is 1. The van der Waals surface area contributed by atoms with Crippen molar-refractivity contribution in [2.24, 2.45) is 5.92 Å². The minimum atomic E-state index is 0.479. The van der Waals surface area contributed by atoms with Gasteiger partial charge in [0.1, 0.15) is 0 Å². The van der Waals surface area contributed by atoms with Gasteiger partial charge in [0.25, 0.3) is 0 Å². The number of nitrogens with one attached hydrogen (secondary N) is 1. The quantitative estimate of drug-likeness (QED) is 0.778. The molecule has 0 unspecified atom stereocenters. The first-order valence-corrected chi connectivity index (χ1v) is 7.06. The van der Waals surface area contributed by atoms with E-state index in [1.165, 1.54) is 5.56 Å². The Hall–Kier alpha value is -1.22. The van der Waals surface area contributed by atoms with Crippen molar-refractivity contribution in [1.29, 1.82) is 0 Å². The maximum absolute atomic E-state index is 5.83. The Morgan fingerprint density at radius 2 is 1.84 bits per heavy atom. The average Bonchev–Trinajstić information content (AvgIpc) is 2.36. The summed E-state index contributed by atoms with van der Waals surface area (Å²) < 4.78 is 11.2. The van der Waals surface area contributed by atoms with Crippen LogP contribution in [-0.4, -0.2) is 19.8 Å². The van der Waals surface area contributed by atoms with Gasteiger partial charge in [-0.25, -0.2) is 0 Å². The summed E-state index contributed by atoms with van der Waals surface area (Å²) in [4.78, 5) is 0. The maximum atomic E-state index is 5.83. The van der Waals surface area contributed by atoms with Crippen molar-refractivity contribution in [3.05, 3.63) is 23.8 Å². The molecule has 108 valence electrons. The SMILES string of the molecule is COc1ccc(CNC(C)C)cc1OCCC(C)C. The second kappa shape index (κ2) is 8.05. The summed E-state index contributed by atoms with van der Waals surface area (Å²) in [6.07, 6.45) is 1.05. The molecule has 0 aliphatic rings. The standard InChI is InChI=1S/C16H27NO2/c1-12(2)8-9-19-16-10-14(11-17-13(3)4)6-7-15(16)18-5/h6-7,10,12-13,17H,8-9,11H2,1-5H3. The van der Waals surface area contributed by atoms with Crippen LogP contribution in [0.2, 0.25) is 0 Å². The topological polar surface area (TPSA) is 30.5 Å². The lowest BCUT2D eigenvalue weighted by Crippen LogP contribution is -2.21. The molecular weight excluding hydrogens is 238 g/mol. The molecular formula is C16H27NO2. The van der Waals surface area contributed by atoms with Gasteiger partial charge < -0.3 is 14.8 Å². The smallest absolute Gasteiger partial charge is 0.161 e. The maximum Gasteiger partial charge on any atom is 0.161 e. The van der Waals surface area contributed by atoms with Crippen LogP contribution >= 0.6 is 0 Å². The predicted octanol–water partition coefficient (Wildman–Crippen LogP) is 3.62. The summed E-state index contributed by atoms with van der Waals surface area (Å²) in [5.41, 5.74) is 1.22. The molecule has 1 N–H and O–H groups in total. The zero-order valence-electron chi connectivity index (χ0n) is 12.8. The molecule has 0 amide bonds. The van der Waals surface area contributed by atoms with Crippen molar-refractivity contribution in [1.82, 2.24) is 5.32 Å². The van der Waals surface area contributed by atoms with Crippen molar-refractivity contribution < 1.29 is 9.47 Å². The fourth-order valence-corrected chi connectivity index (χ4v) is 1.67. The molecule has 3 nitrogen and oxygen atoms in total. The molecule has 0 saturated carbocycles. The highest BCUT2D eigenvalue weighted by atomic mass is 16.5. The summed E-state index contributed by atoms with van der Waals surface area (Å²) in [6.45, 7) is 10.3. The van der Waals surface area contributed by atoms with Gasteiger partial charge in [-0.1, -0.05) is 33.8 Å². The average molecular weight is 265 g/mol. The van der Waals surface area contributed by atoms with Crippen molar-refractivity contribution in [3.63, 3.8) is 0 Å². The van der Waals surface area contributed by atoms with E-state index in [1.807, 2.05) is 6.07 Å². The van der Waals surface area contributed by atoms with E-state index in [2.05, 4.69) is 45.1 Å². The third kappa shape index (κ3) is 5.97. The molecule has 0 saturated heterocycles. The van der Waals surface area contributed by atoms with Crippen LogP contribution in [-0.2, 0) is 6.54 Å². The molecule has 0 radical (unpaired) electrons. The van der Waals surface area contributed by atoms with Gasteiger partial charge in [-0.2, -0.15) is 0 Å². The Bertz CT molecular complexity index is 375. The van der Waals surface area contributed by atoms with Gasteiger partial charge >= 0.3 is 0 Å². The lowest BCUT2D eigenvalue weighted by molar-refractivity contribution is 0.272. The predicted molar refractivity (Wildman–Crippen MR) is 79.9 cm³/mol. The first-order valence-electron chi connectivity index (χ1n) is 7.06. The Balaban J connectivity index is 2.66. The lowest BCUT2D eigenvalue weighted by atomic mass is 10.1. The second-order valence-electron chi connectivity index (χ2n) is 5.55. The Morgan fingerprint density at radius 3 is 2.42 bits per heavy atom. The van der Waals surface area contributed by atoms with Gasteiger partial charge in [0, 0.05) is 12.6 Å². The Morgan fingerprint density at radius 1 is 1.11 bits per heavy atom. The van der Waals surface area contributed by atoms with Gasteiger partial charge in [-0.05, 0) is 30.0 Å². The molecule has 1 aromatic rings. The molecule has 0 aliphatic heterocycles. The zero-order valence-corrected chi connectivity index (χ0v) is 12.8. The van der Waals surface area contributed by atoms with E-state index in [1.54, 1.807) is 7.11 Å². The van der Waals surface area contributed by atoms with Gasteiger partial charge in [-0.15, -0.1) is 0 Å². The molecule has 3 heteroatoms. The van der Waals surface area contributed by atoms with Gasteiger partial charge in [-0.3, -0.25) is 0 Å². The number of hydrogen-bond acceptors (Lipinski definition) is 3. The van der Waals surface area contributed by atoms with Crippen LogP contribution in [0.1, 0.15) is 39.7 Å². The first-order chi connectivity index (χ1) is 9.02.